The molecule has 0 amide bonds. The van der Waals surface area contributed by atoms with Crippen LogP contribution >= 0.6 is 0 Å². The molecule has 1 aliphatic rings. The van der Waals surface area contributed by atoms with Crippen LogP contribution < -0.4 is 0 Å². The van der Waals surface area contributed by atoms with Gasteiger partial charge in [0.05, 0.1) is 24.7 Å². The molecule has 1 N–H and O–H groups in total. The van der Waals surface area contributed by atoms with E-state index in [2.05, 4.69) is 41.5 Å². The van der Waals surface area contributed by atoms with Crippen molar-refractivity contribution in [2.75, 3.05) is 0 Å². The summed E-state index contributed by atoms with van der Waals surface area (Å²) >= 11 is 0. The lowest BCUT2D eigenvalue weighted by atomic mass is 10.1. The van der Waals surface area contributed by atoms with Gasteiger partial charge >= 0.3 is 5.97 Å². The quantitative estimate of drug-likeness (QED) is 0.715. The molecule has 21 heavy (non-hydrogen) atoms. The SMILES string of the molecule is CC(C)[Si](O[C@H]1C[C@H](CC(=O)O)O[C@@H]1C)(C(C)C)C(C)C. The van der Waals surface area contributed by atoms with Crippen molar-refractivity contribution in [2.45, 2.75) is 96.2 Å². The topological polar surface area (TPSA) is 55.8 Å². The molecule has 0 spiro atoms. The van der Waals surface area contributed by atoms with Crippen LogP contribution in [0.15, 0.2) is 0 Å². The highest BCUT2D eigenvalue weighted by Gasteiger charge is 2.49. The van der Waals surface area contributed by atoms with E-state index in [-0.39, 0.29) is 24.7 Å². The molecular formula is C16H32O4Si. The highest BCUT2D eigenvalue weighted by atomic mass is 28.4. The molecule has 0 unspecified atom stereocenters. The molecule has 0 saturated carbocycles. The van der Waals surface area contributed by atoms with Crippen LogP contribution in [-0.2, 0) is 14.0 Å². The Kier molecular flexibility index (Phi) is 6.44. The maximum atomic E-state index is 10.9. The van der Waals surface area contributed by atoms with Gasteiger partial charge in [-0.05, 0) is 23.5 Å². The Hall–Kier alpha value is -0.393. The molecule has 0 aromatic rings. The van der Waals surface area contributed by atoms with E-state index in [1.54, 1.807) is 0 Å². The number of carboxylic acid groups (broad SMARTS) is 1. The van der Waals surface area contributed by atoms with Crippen molar-refractivity contribution in [1.29, 1.82) is 0 Å². The van der Waals surface area contributed by atoms with Gasteiger partial charge in [0.15, 0.2) is 0 Å². The number of rotatable bonds is 7. The Morgan fingerprint density at radius 1 is 1.19 bits per heavy atom. The fraction of sp³-hybridized carbons (Fsp3) is 0.938. The van der Waals surface area contributed by atoms with Gasteiger partial charge < -0.3 is 14.3 Å². The summed E-state index contributed by atoms with van der Waals surface area (Å²) in [5.41, 5.74) is 1.59. The van der Waals surface area contributed by atoms with Crippen molar-refractivity contribution in [3.63, 3.8) is 0 Å². The van der Waals surface area contributed by atoms with E-state index in [0.717, 1.165) is 0 Å². The molecule has 1 rings (SSSR count). The van der Waals surface area contributed by atoms with Crippen molar-refractivity contribution < 1.29 is 19.1 Å². The smallest absolute Gasteiger partial charge is 0.305 e. The first kappa shape index (κ1) is 18.7. The Bertz CT molecular complexity index is 332. The van der Waals surface area contributed by atoms with E-state index < -0.39 is 14.3 Å². The first-order valence-corrected chi connectivity index (χ1v) is 10.3. The zero-order chi connectivity index (χ0) is 16.4. The molecule has 1 heterocycles. The number of ether oxygens (including phenoxy) is 1. The summed E-state index contributed by atoms with van der Waals surface area (Å²) in [7, 11) is -1.93. The van der Waals surface area contributed by atoms with E-state index >= 15 is 0 Å². The summed E-state index contributed by atoms with van der Waals surface area (Å²) in [6.07, 6.45) is 0.587. The molecule has 1 aliphatic heterocycles. The van der Waals surface area contributed by atoms with Crippen LogP contribution in [0.2, 0.25) is 16.6 Å². The Labute approximate surface area is 130 Å². The predicted octanol–water partition coefficient (Wildman–Crippen LogP) is 4.20. The minimum Gasteiger partial charge on any atom is -0.481 e. The van der Waals surface area contributed by atoms with E-state index in [1.165, 1.54) is 0 Å². The molecule has 3 atom stereocenters. The summed E-state index contributed by atoms with van der Waals surface area (Å²) in [6.45, 7) is 15.6. The van der Waals surface area contributed by atoms with Crippen LogP contribution in [0.4, 0.5) is 0 Å². The van der Waals surface area contributed by atoms with E-state index in [1.807, 2.05) is 6.92 Å². The van der Waals surface area contributed by atoms with Gasteiger partial charge in [0.25, 0.3) is 0 Å². The first-order chi connectivity index (χ1) is 9.61. The van der Waals surface area contributed by atoms with Crippen LogP contribution in [-0.4, -0.2) is 37.7 Å². The normalized spacial score (nSPS) is 27.0. The molecule has 124 valence electrons. The lowest BCUT2D eigenvalue weighted by Crippen LogP contribution is -2.51. The van der Waals surface area contributed by atoms with Gasteiger partial charge in [0.2, 0.25) is 8.32 Å². The average molecular weight is 317 g/mol. The third-order valence-electron chi connectivity index (χ3n) is 4.89. The number of hydrogen-bond acceptors (Lipinski definition) is 3. The fourth-order valence-corrected chi connectivity index (χ4v) is 9.67. The number of hydrogen-bond donors (Lipinski definition) is 1. The lowest BCUT2D eigenvalue weighted by Gasteiger charge is -2.44. The van der Waals surface area contributed by atoms with Crippen LogP contribution in [0, 0.1) is 0 Å². The molecule has 4 nitrogen and oxygen atoms in total. The monoisotopic (exact) mass is 316 g/mol. The standard InChI is InChI=1S/C16H32O4Si/c1-10(2)21(11(3)4,12(5)6)20-15-8-14(9-16(17)18)19-13(15)7/h10-15H,8-9H2,1-7H3,(H,17,18)/t13-,14-,15+/m1/s1. The maximum Gasteiger partial charge on any atom is 0.305 e. The third kappa shape index (κ3) is 4.08. The molecule has 0 aromatic heterocycles. The molecule has 0 bridgehead atoms. The van der Waals surface area contributed by atoms with E-state index in [4.69, 9.17) is 14.3 Å². The summed E-state index contributed by atoms with van der Waals surface area (Å²) < 4.78 is 12.5. The van der Waals surface area contributed by atoms with Gasteiger partial charge in [0, 0.05) is 6.42 Å². The van der Waals surface area contributed by atoms with Gasteiger partial charge in [0.1, 0.15) is 0 Å². The zero-order valence-electron chi connectivity index (χ0n) is 14.6. The van der Waals surface area contributed by atoms with Gasteiger partial charge in [-0.2, -0.15) is 0 Å². The van der Waals surface area contributed by atoms with Crippen LogP contribution in [0.1, 0.15) is 61.3 Å². The van der Waals surface area contributed by atoms with Crippen molar-refractivity contribution in [3.05, 3.63) is 0 Å². The van der Waals surface area contributed by atoms with Crippen LogP contribution in [0.25, 0.3) is 0 Å². The molecule has 5 heteroatoms. The minimum atomic E-state index is -1.93. The fourth-order valence-electron chi connectivity index (χ4n) is 4.04. The average Bonchev–Trinajstić information content (AvgIpc) is 2.63. The lowest BCUT2D eigenvalue weighted by molar-refractivity contribution is -0.139. The zero-order valence-corrected chi connectivity index (χ0v) is 15.6. The molecular weight excluding hydrogens is 284 g/mol. The number of carbonyl (C=O) groups is 1. The summed E-state index contributed by atoms with van der Waals surface area (Å²) in [5, 5.41) is 8.93. The molecule has 1 saturated heterocycles. The predicted molar refractivity (Wildman–Crippen MR) is 87.1 cm³/mol. The highest BCUT2D eigenvalue weighted by molar-refractivity contribution is 6.77. The Morgan fingerprint density at radius 2 is 1.67 bits per heavy atom. The van der Waals surface area contributed by atoms with Crippen LogP contribution in [0.5, 0.6) is 0 Å². The largest absolute Gasteiger partial charge is 0.481 e. The molecule has 1 fully saturated rings. The Balaban J connectivity index is 2.87. The molecule has 0 radical (unpaired) electrons. The number of aliphatic carboxylic acids is 1. The summed E-state index contributed by atoms with van der Waals surface area (Å²) in [4.78, 5) is 10.9. The minimum absolute atomic E-state index is 0.0162. The van der Waals surface area contributed by atoms with Gasteiger partial charge in [-0.3, -0.25) is 4.79 Å². The summed E-state index contributed by atoms with van der Waals surface area (Å²) in [5.74, 6) is -0.798. The Morgan fingerprint density at radius 3 is 2.05 bits per heavy atom. The maximum absolute atomic E-state index is 10.9. The van der Waals surface area contributed by atoms with Crippen LogP contribution in [0.3, 0.4) is 0 Å². The van der Waals surface area contributed by atoms with Gasteiger partial charge in [-0.15, -0.1) is 0 Å². The second kappa shape index (κ2) is 7.25. The highest BCUT2D eigenvalue weighted by Crippen LogP contribution is 2.44. The van der Waals surface area contributed by atoms with E-state index in [9.17, 15) is 4.79 Å². The van der Waals surface area contributed by atoms with Gasteiger partial charge in [-0.25, -0.2) is 0 Å². The van der Waals surface area contributed by atoms with Crippen molar-refractivity contribution >= 4 is 14.3 Å². The van der Waals surface area contributed by atoms with Crippen molar-refractivity contribution in [3.8, 4) is 0 Å². The second-order valence-corrected chi connectivity index (χ2v) is 12.7. The molecule has 0 aliphatic carbocycles. The van der Waals surface area contributed by atoms with Crippen molar-refractivity contribution in [1.82, 2.24) is 0 Å². The molecule has 0 aromatic carbocycles. The first-order valence-electron chi connectivity index (χ1n) is 8.16. The van der Waals surface area contributed by atoms with Crippen molar-refractivity contribution in [2.24, 2.45) is 0 Å². The third-order valence-corrected chi connectivity index (χ3v) is 11.0. The van der Waals surface area contributed by atoms with E-state index in [0.29, 0.717) is 23.0 Å². The number of carboxylic acids is 1. The second-order valence-electron chi connectivity index (χ2n) is 7.27. The summed E-state index contributed by atoms with van der Waals surface area (Å²) in [6, 6.07) is 0. The van der Waals surface area contributed by atoms with Gasteiger partial charge in [-0.1, -0.05) is 41.5 Å².